The molecule has 0 N–H and O–H groups in total. The summed E-state index contributed by atoms with van der Waals surface area (Å²) in [6.07, 6.45) is 22.5. The minimum Gasteiger partial charge on any atom is -0.756 e. The van der Waals surface area contributed by atoms with Crippen molar-refractivity contribution in [1.82, 2.24) is 10.3 Å². The number of phosphoric ester groups is 1. The third kappa shape index (κ3) is 24.6. The number of nitro groups is 1. The molecule has 0 radical (unpaired) electrons. The molecule has 0 spiro atoms. The second kappa shape index (κ2) is 30.0. The van der Waals surface area contributed by atoms with Gasteiger partial charge in [-0.3, -0.25) is 24.3 Å². The zero-order valence-electron chi connectivity index (χ0n) is 36.7. The molecule has 0 aliphatic heterocycles. The lowest BCUT2D eigenvalue weighted by Gasteiger charge is -2.28. The Morgan fingerprint density at radius 2 is 1.27 bits per heavy atom. The number of likely N-dealkylation sites (N-methyl/N-ethyl adjacent to an activating group) is 1. The Balaban J connectivity index is 1.64. The number of nitro benzene ring substituents is 1. The largest absolute Gasteiger partial charge is 0.756 e. The van der Waals surface area contributed by atoms with Crippen molar-refractivity contribution in [3.63, 3.8) is 0 Å². The second-order valence-corrected chi connectivity index (χ2v) is 18.1. The summed E-state index contributed by atoms with van der Waals surface area (Å²) >= 11 is 0. The van der Waals surface area contributed by atoms with E-state index in [1.807, 2.05) is 33.1 Å². The number of carbonyl (C=O) groups is 2. The van der Waals surface area contributed by atoms with Crippen LogP contribution >= 0.6 is 7.82 Å². The molecule has 2 rings (SSSR count). The number of hydrogen-bond acceptors (Lipinski definition) is 14. The number of ether oxygens (including phenoxy) is 2. The molecule has 0 aliphatic carbocycles. The maximum atomic E-state index is 12.7. The highest BCUT2D eigenvalue weighted by molar-refractivity contribution is 7.45. The third-order valence-electron chi connectivity index (χ3n) is 10.2. The standard InChI is InChI=1S/C42H74N5O11P/c1-6-7-8-9-10-11-12-13-14-15-18-21-24-27-39(48)54-34-36(35-56-59(52,53)55-33-32-47(3,4)5)57-40(49)28-25-22-19-16-17-20-23-26-31-45(2)37-29-30-38(46(50)51)42-41(37)43-58-44-42/h29-30,36H,6-28,31-35H2,1-5H3/t36-/m1/s1. The van der Waals surface area contributed by atoms with Gasteiger partial charge in [0.25, 0.3) is 7.82 Å². The lowest BCUT2D eigenvalue weighted by Crippen LogP contribution is -2.37. The highest BCUT2D eigenvalue weighted by atomic mass is 31.2. The molecule has 2 atom stereocenters. The highest BCUT2D eigenvalue weighted by Crippen LogP contribution is 2.38. The summed E-state index contributed by atoms with van der Waals surface area (Å²) in [6, 6.07) is 3.09. The Labute approximate surface area is 352 Å². The Hall–Kier alpha value is -3.17. The van der Waals surface area contributed by atoms with E-state index in [1.165, 1.54) is 63.9 Å². The van der Waals surface area contributed by atoms with E-state index in [0.717, 1.165) is 76.4 Å². The second-order valence-electron chi connectivity index (χ2n) is 16.7. The predicted molar refractivity (Wildman–Crippen MR) is 227 cm³/mol. The van der Waals surface area contributed by atoms with Gasteiger partial charge in [-0.25, -0.2) is 4.63 Å². The van der Waals surface area contributed by atoms with Crippen molar-refractivity contribution >= 4 is 42.2 Å². The zero-order chi connectivity index (χ0) is 43.4. The Bertz CT molecular complexity index is 1520. The van der Waals surface area contributed by atoms with Gasteiger partial charge in [0.05, 0.1) is 38.4 Å². The first-order chi connectivity index (χ1) is 28.2. The minimum atomic E-state index is -4.66. The lowest BCUT2D eigenvalue weighted by atomic mass is 10.0. The topological polar surface area (TPSA) is 196 Å². The van der Waals surface area contributed by atoms with E-state index in [-0.39, 0.29) is 37.3 Å². The van der Waals surface area contributed by atoms with Crippen molar-refractivity contribution in [3.8, 4) is 0 Å². The van der Waals surface area contributed by atoms with Crippen LogP contribution in [-0.2, 0) is 32.7 Å². The molecular formula is C42H74N5O11P. The van der Waals surface area contributed by atoms with Gasteiger partial charge >= 0.3 is 17.6 Å². The van der Waals surface area contributed by atoms with Crippen LogP contribution in [0.5, 0.6) is 0 Å². The summed E-state index contributed by atoms with van der Waals surface area (Å²) in [5.74, 6) is -0.922. The van der Waals surface area contributed by atoms with E-state index in [9.17, 15) is 29.2 Å². The molecule has 16 nitrogen and oxygen atoms in total. The number of fused-ring (bicyclic) bond motifs is 1. The summed E-state index contributed by atoms with van der Waals surface area (Å²) in [6.45, 7) is 2.57. The predicted octanol–water partition coefficient (Wildman–Crippen LogP) is 9.22. The molecule has 0 bridgehead atoms. The first kappa shape index (κ1) is 52.0. The Morgan fingerprint density at radius 3 is 1.81 bits per heavy atom. The fourth-order valence-corrected chi connectivity index (χ4v) is 7.37. The van der Waals surface area contributed by atoms with E-state index in [0.29, 0.717) is 29.4 Å². The molecule has 0 saturated heterocycles. The van der Waals surface area contributed by atoms with E-state index in [4.69, 9.17) is 23.2 Å². The third-order valence-corrected chi connectivity index (χ3v) is 11.2. The van der Waals surface area contributed by atoms with Gasteiger partial charge in [0.15, 0.2) is 11.6 Å². The fraction of sp³-hybridized carbons (Fsp3) is 0.810. The first-order valence-electron chi connectivity index (χ1n) is 22.1. The van der Waals surface area contributed by atoms with Crippen LogP contribution in [0.25, 0.3) is 11.0 Å². The SMILES string of the molecule is CCCCCCCCCCCCCCCC(=O)OC[C@H](COP(=O)([O-])OCC[N+](C)(C)C)OC(=O)CCCCCCCCCCN(C)c1ccc([N+](=O)[O-])c2nonc12. The van der Waals surface area contributed by atoms with E-state index in [2.05, 4.69) is 17.2 Å². The molecule has 0 amide bonds. The van der Waals surface area contributed by atoms with Crippen LogP contribution in [0.2, 0.25) is 0 Å². The number of rotatable bonds is 37. The van der Waals surface area contributed by atoms with Crippen molar-refractivity contribution in [1.29, 1.82) is 0 Å². The number of anilines is 1. The molecule has 1 aromatic heterocycles. The quantitative estimate of drug-likeness (QED) is 0.0156. The molecule has 2 aromatic rings. The number of nitrogens with zero attached hydrogens (tertiary/aromatic N) is 5. The average Bonchev–Trinajstić information content (AvgIpc) is 3.67. The highest BCUT2D eigenvalue weighted by Gasteiger charge is 2.23. The number of benzene rings is 1. The molecule has 1 unspecified atom stereocenters. The fourth-order valence-electron chi connectivity index (χ4n) is 6.64. The van der Waals surface area contributed by atoms with Crippen LogP contribution in [-0.4, -0.2) is 98.9 Å². The van der Waals surface area contributed by atoms with Gasteiger partial charge in [-0.2, -0.15) is 0 Å². The monoisotopic (exact) mass is 856 g/mol. The summed E-state index contributed by atoms with van der Waals surface area (Å²) in [5, 5.41) is 18.8. The smallest absolute Gasteiger partial charge is 0.306 e. The van der Waals surface area contributed by atoms with Crippen molar-refractivity contribution in [2.24, 2.45) is 0 Å². The summed E-state index contributed by atoms with van der Waals surface area (Å²) in [7, 11) is 2.98. The van der Waals surface area contributed by atoms with Gasteiger partial charge in [0.2, 0.25) is 5.52 Å². The number of non-ortho nitro benzene ring substituents is 1. The number of aromatic nitrogens is 2. The molecule has 1 aromatic carbocycles. The molecule has 0 aliphatic rings. The van der Waals surface area contributed by atoms with Crippen LogP contribution < -0.4 is 9.79 Å². The summed E-state index contributed by atoms with van der Waals surface area (Å²) in [4.78, 5) is 50.4. The van der Waals surface area contributed by atoms with Gasteiger partial charge in [-0.15, -0.1) is 0 Å². The summed E-state index contributed by atoms with van der Waals surface area (Å²) < 4.78 is 38.6. The maximum Gasteiger partial charge on any atom is 0.306 e. The van der Waals surface area contributed by atoms with Crippen molar-refractivity contribution in [3.05, 3.63) is 22.2 Å². The van der Waals surface area contributed by atoms with Crippen molar-refractivity contribution < 1.29 is 51.6 Å². The van der Waals surface area contributed by atoms with E-state index in [1.54, 1.807) is 6.07 Å². The van der Waals surface area contributed by atoms with Crippen LogP contribution in [0, 0.1) is 10.1 Å². The number of phosphoric acid groups is 1. The van der Waals surface area contributed by atoms with Gasteiger partial charge in [0, 0.05) is 32.5 Å². The molecular weight excluding hydrogens is 781 g/mol. The van der Waals surface area contributed by atoms with Gasteiger partial charge in [0.1, 0.15) is 19.8 Å². The van der Waals surface area contributed by atoms with Crippen molar-refractivity contribution in [2.45, 2.75) is 161 Å². The van der Waals surface area contributed by atoms with E-state index < -0.39 is 37.4 Å². The van der Waals surface area contributed by atoms with Crippen molar-refractivity contribution in [2.75, 3.05) is 66.0 Å². The number of quaternary nitrogens is 1. The van der Waals surface area contributed by atoms with Crippen LogP contribution in [0.1, 0.15) is 155 Å². The molecule has 1 heterocycles. The summed E-state index contributed by atoms with van der Waals surface area (Å²) in [5.41, 5.74) is 1.11. The van der Waals surface area contributed by atoms with Crippen LogP contribution in [0.3, 0.4) is 0 Å². The Morgan fingerprint density at radius 1 is 0.763 bits per heavy atom. The number of esters is 2. The number of hydrogen-bond donors (Lipinski definition) is 0. The minimum absolute atomic E-state index is 0.0594. The zero-order valence-corrected chi connectivity index (χ0v) is 37.6. The van der Waals surface area contributed by atoms with Crippen LogP contribution in [0.4, 0.5) is 11.4 Å². The number of unbranched alkanes of at least 4 members (excludes halogenated alkanes) is 19. The normalized spacial score (nSPS) is 13.3. The molecule has 0 fully saturated rings. The molecule has 59 heavy (non-hydrogen) atoms. The van der Waals surface area contributed by atoms with Gasteiger partial charge in [-0.05, 0) is 35.6 Å². The molecule has 338 valence electrons. The maximum absolute atomic E-state index is 12.7. The lowest BCUT2D eigenvalue weighted by molar-refractivity contribution is -0.870. The first-order valence-corrected chi connectivity index (χ1v) is 23.5. The Kier molecular flexibility index (Phi) is 26.4. The van der Waals surface area contributed by atoms with Gasteiger partial charge in [-0.1, -0.05) is 122 Å². The van der Waals surface area contributed by atoms with Gasteiger partial charge < -0.3 is 32.8 Å². The molecule has 0 saturated carbocycles. The molecule has 17 heteroatoms. The van der Waals surface area contributed by atoms with E-state index >= 15 is 0 Å². The van der Waals surface area contributed by atoms with Crippen LogP contribution in [0.15, 0.2) is 16.8 Å². The number of carbonyl (C=O) groups excluding carboxylic acids is 2. The average molecular weight is 856 g/mol.